The van der Waals surface area contributed by atoms with E-state index >= 15 is 0 Å². The van der Waals surface area contributed by atoms with E-state index in [0.717, 1.165) is 12.8 Å². The molecular formula is C23H36N2O5S. The summed E-state index contributed by atoms with van der Waals surface area (Å²) in [4.78, 5) is 43.3. The zero-order valence-corrected chi connectivity index (χ0v) is 19.6. The summed E-state index contributed by atoms with van der Waals surface area (Å²) in [6.07, 6.45) is 5.35. The van der Waals surface area contributed by atoms with Crippen molar-refractivity contribution < 1.29 is 24.6 Å². The second-order valence-corrected chi connectivity index (χ2v) is 10.8. The van der Waals surface area contributed by atoms with Crippen LogP contribution in [-0.4, -0.2) is 79.6 Å². The Morgan fingerprint density at radius 3 is 2.71 bits per heavy atom. The largest absolute Gasteiger partial charge is 0.481 e. The van der Waals surface area contributed by atoms with E-state index in [4.69, 9.17) is 0 Å². The number of amides is 2. The van der Waals surface area contributed by atoms with Gasteiger partial charge in [0, 0.05) is 31.0 Å². The zero-order valence-electron chi connectivity index (χ0n) is 18.8. The van der Waals surface area contributed by atoms with Gasteiger partial charge in [-0.2, -0.15) is 0 Å². The molecule has 3 heterocycles. The number of fused-ring (bicyclic) bond motifs is 1. The Bertz CT molecular complexity index is 731. The molecule has 0 aliphatic carbocycles. The summed E-state index contributed by atoms with van der Waals surface area (Å²) >= 11 is 1.57. The number of unbranched alkanes of at least 4 members (excludes halogenated alkanes) is 1. The minimum Gasteiger partial charge on any atom is -0.481 e. The first-order chi connectivity index (χ1) is 14.8. The monoisotopic (exact) mass is 452 g/mol. The van der Waals surface area contributed by atoms with Gasteiger partial charge in [0.25, 0.3) is 0 Å². The van der Waals surface area contributed by atoms with Crippen molar-refractivity contribution >= 4 is 29.5 Å². The Balaban J connectivity index is 2.04. The molecule has 0 aromatic carbocycles. The van der Waals surface area contributed by atoms with Crippen molar-refractivity contribution in [3.05, 3.63) is 12.7 Å². The topological polar surface area (TPSA) is 98.2 Å². The fourth-order valence-electron chi connectivity index (χ4n) is 6.07. The number of carbonyl (C=O) groups excluding carboxylic acids is 2. The van der Waals surface area contributed by atoms with Gasteiger partial charge in [0.1, 0.15) is 6.04 Å². The van der Waals surface area contributed by atoms with Gasteiger partial charge in [-0.3, -0.25) is 14.4 Å². The van der Waals surface area contributed by atoms with Gasteiger partial charge >= 0.3 is 5.97 Å². The van der Waals surface area contributed by atoms with E-state index in [9.17, 15) is 24.6 Å². The lowest BCUT2D eigenvalue weighted by atomic mass is 9.66. The highest BCUT2D eigenvalue weighted by atomic mass is 32.2. The molecule has 1 spiro atoms. The van der Waals surface area contributed by atoms with Crippen LogP contribution in [0, 0.1) is 17.8 Å². The number of aliphatic hydroxyl groups is 1. The van der Waals surface area contributed by atoms with E-state index in [1.807, 2.05) is 11.8 Å². The van der Waals surface area contributed by atoms with Gasteiger partial charge in [0.15, 0.2) is 0 Å². The predicted octanol–water partition coefficient (Wildman–Crippen LogP) is 2.38. The Kier molecular flexibility index (Phi) is 7.41. The second-order valence-electron chi connectivity index (χ2n) is 9.27. The molecule has 2 amide bonds. The average molecular weight is 453 g/mol. The fraction of sp³-hybridized carbons (Fsp3) is 0.783. The molecule has 0 aromatic rings. The van der Waals surface area contributed by atoms with Gasteiger partial charge in [-0.25, -0.2) is 0 Å². The highest BCUT2D eigenvalue weighted by molar-refractivity contribution is 8.02. The van der Waals surface area contributed by atoms with Crippen LogP contribution in [0.15, 0.2) is 12.7 Å². The lowest BCUT2D eigenvalue weighted by Gasteiger charge is -2.41. The molecule has 3 fully saturated rings. The van der Waals surface area contributed by atoms with E-state index < -0.39 is 28.6 Å². The molecule has 3 aliphatic rings. The standard InChI is InChI=1S/C23H36N2O5S/c1-5-9-15(4)24(10-6-2)21(28)19-23-14(3)13-16(31-23)17(22(29)30)18(23)20(27)25(19)11-7-8-12-26/h6,14-19,26H,2,5,7-13H2,1,3-4H3,(H,29,30)/t14?,15?,16-,17+,18+,19?,23?/m1/s1. The van der Waals surface area contributed by atoms with Gasteiger partial charge in [0.05, 0.1) is 16.6 Å². The van der Waals surface area contributed by atoms with Gasteiger partial charge in [-0.15, -0.1) is 18.3 Å². The van der Waals surface area contributed by atoms with Crippen molar-refractivity contribution in [3.8, 4) is 0 Å². The third kappa shape index (κ3) is 3.80. The number of carboxylic acids is 1. The minimum atomic E-state index is -0.935. The number of hydrogen-bond donors (Lipinski definition) is 2. The molecule has 7 nitrogen and oxygen atoms in total. The van der Waals surface area contributed by atoms with E-state index in [-0.39, 0.29) is 35.6 Å². The summed E-state index contributed by atoms with van der Waals surface area (Å²) < 4.78 is -0.702. The van der Waals surface area contributed by atoms with Crippen LogP contribution in [-0.2, 0) is 14.4 Å². The number of carboxylic acid groups (broad SMARTS) is 1. The summed E-state index contributed by atoms with van der Waals surface area (Å²) in [5, 5.41) is 19.0. The molecule has 3 aliphatic heterocycles. The van der Waals surface area contributed by atoms with Crippen LogP contribution in [0.4, 0.5) is 0 Å². The van der Waals surface area contributed by atoms with Gasteiger partial charge in [-0.05, 0) is 38.5 Å². The highest BCUT2D eigenvalue weighted by Crippen LogP contribution is 2.68. The molecule has 7 atom stereocenters. The van der Waals surface area contributed by atoms with E-state index in [1.165, 1.54) is 0 Å². The van der Waals surface area contributed by atoms with Crippen molar-refractivity contribution in [2.45, 2.75) is 75.0 Å². The molecule has 0 aromatic heterocycles. The maximum absolute atomic E-state index is 14.1. The van der Waals surface area contributed by atoms with Crippen LogP contribution in [0.1, 0.15) is 52.9 Å². The third-order valence-corrected chi connectivity index (χ3v) is 9.50. The summed E-state index contributed by atoms with van der Waals surface area (Å²) in [7, 11) is 0. The predicted molar refractivity (Wildman–Crippen MR) is 121 cm³/mol. The quantitative estimate of drug-likeness (QED) is 0.369. The molecule has 2 bridgehead atoms. The molecule has 2 N–H and O–H groups in total. The lowest BCUT2D eigenvalue weighted by Crippen LogP contribution is -2.58. The van der Waals surface area contributed by atoms with Crippen LogP contribution in [0.2, 0.25) is 0 Å². The summed E-state index contributed by atoms with van der Waals surface area (Å²) in [6, 6.07) is -0.660. The highest BCUT2D eigenvalue weighted by Gasteiger charge is 2.76. The van der Waals surface area contributed by atoms with Crippen LogP contribution < -0.4 is 0 Å². The average Bonchev–Trinajstić information content (AvgIpc) is 3.30. The number of nitrogens with zero attached hydrogens (tertiary/aromatic N) is 2. The number of aliphatic carboxylic acids is 1. The van der Waals surface area contributed by atoms with E-state index in [2.05, 4.69) is 20.4 Å². The molecule has 0 radical (unpaired) electrons. The molecule has 8 heteroatoms. The number of thioether (sulfide) groups is 1. The van der Waals surface area contributed by atoms with Crippen LogP contribution in [0.25, 0.3) is 0 Å². The molecule has 174 valence electrons. The van der Waals surface area contributed by atoms with Crippen LogP contribution >= 0.6 is 11.8 Å². The molecule has 3 rings (SSSR count). The van der Waals surface area contributed by atoms with Crippen molar-refractivity contribution in [2.24, 2.45) is 17.8 Å². The number of rotatable bonds is 11. The number of aliphatic hydroxyl groups excluding tert-OH is 1. The third-order valence-electron chi connectivity index (χ3n) is 7.42. The zero-order chi connectivity index (χ0) is 22.9. The SMILES string of the molecule is C=CCN(C(=O)C1N(CCCCO)C(=O)[C@@H]2[C@@H](C(=O)O)[C@H]3CC(C)C12S3)C(C)CCC. The van der Waals surface area contributed by atoms with Crippen molar-refractivity contribution in [2.75, 3.05) is 19.7 Å². The van der Waals surface area contributed by atoms with Crippen LogP contribution in [0.3, 0.4) is 0 Å². The number of carbonyl (C=O) groups is 3. The smallest absolute Gasteiger partial charge is 0.308 e. The Hall–Kier alpha value is -1.54. The summed E-state index contributed by atoms with van der Waals surface area (Å²) in [5.74, 6) is -2.56. The molecule has 31 heavy (non-hydrogen) atoms. The first-order valence-corrected chi connectivity index (χ1v) is 12.4. The van der Waals surface area contributed by atoms with Crippen LogP contribution in [0.5, 0.6) is 0 Å². The molecule has 3 saturated heterocycles. The maximum Gasteiger partial charge on any atom is 0.308 e. The Morgan fingerprint density at radius 2 is 2.13 bits per heavy atom. The first kappa shape index (κ1) is 24.1. The number of hydrogen-bond acceptors (Lipinski definition) is 5. The molecule has 4 unspecified atom stereocenters. The molecule has 0 saturated carbocycles. The normalized spacial score (nSPS) is 34.6. The Morgan fingerprint density at radius 1 is 1.42 bits per heavy atom. The first-order valence-electron chi connectivity index (χ1n) is 11.5. The summed E-state index contributed by atoms with van der Waals surface area (Å²) in [6.45, 7) is 10.8. The Labute approximate surface area is 189 Å². The van der Waals surface area contributed by atoms with Crippen molar-refractivity contribution in [1.29, 1.82) is 0 Å². The minimum absolute atomic E-state index is 0.00882. The van der Waals surface area contributed by atoms with Gasteiger partial charge in [0.2, 0.25) is 11.8 Å². The van der Waals surface area contributed by atoms with Crippen molar-refractivity contribution in [3.63, 3.8) is 0 Å². The molecular weight excluding hydrogens is 416 g/mol. The van der Waals surface area contributed by atoms with Gasteiger partial charge < -0.3 is 20.0 Å². The van der Waals surface area contributed by atoms with E-state index in [0.29, 0.717) is 32.4 Å². The fourth-order valence-corrected chi connectivity index (χ4v) is 8.48. The second kappa shape index (κ2) is 9.53. The van der Waals surface area contributed by atoms with E-state index in [1.54, 1.807) is 22.7 Å². The summed E-state index contributed by atoms with van der Waals surface area (Å²) in [5.41, 5.74) is 0. The van der Waals surface area contributed by atoms with Crippen molar-refractivity contribution in [1.82, 2.24) is 9.80 Å². The van der Waals surface area contributed by atoms with Gasteiger partial charge in [-0.1, -0.05) is 26.3 Å². The number of likely N-dealkylation sites (tertiary alicyclic amines) is 1. The maximum atomic E-state index is 14.1. The lowest BCUT2D eigenvalue weighted by molar-refractivity contribution is -0.149.